The van der Waals surface area contributed by atoms with E-state index in [-0.39, 0.29) is 0 Å². The van der Waals surface area contributed by atoms with Crippen molar-refractivity contribution in [3.05, 3.63) is 23.8 Å². The normalized spacial score (nSPS) is 10.1. The largest absolute Gasteiger partial charge is 0.493 e. The molecule has 1 rings (SSSR count). The molecule has 3 heteroatoms. The first kappa shape index (κ1) is 12.4. The highest BCUT2D eigenvalue weighted by Gasteiger charge is 2.04. The number of hydrogen-bond acceptors (Lipinski definition) is 2. The first-order valence-electron chi connectivity index (χ1n) is 5.17. The molecule has 0 N–H and O–H groups in total. The Morgan fingerprint density at radius 2 is 2.07 bits per heavy atom. The standard InChI is InChI=1S/C12H17BrO2/c1-3-4-7-15-11-6-5-10(9-13)8-12(11)14-2/h5-6,8H,3-4,7,9H2,1-2H3. The Hall–Kier alpha value is -0.700. The second-order valence-electron chi connectivity index (χ2n) is 3.32. The van der Waals surface area contributed by atoms with Crippen molar-refractivity contribution < 1.29 is 9.47 Å². The molecular weight excluding hydrogens is 256 g/mol. The van der Waals surface area contributed by atoms with Crippen LogP contribution in [0.3, 0.4) is 0 Å². The van der Waals surface area contributed by atoms with Crippen molar-refractivity contribution in [3.63, 3.8) is 0 Å². The van der Waals surface area contributed by atoms with Crippen LogP contribution in [0.25, 0.3) is 0 Å². The van der Waals surface area contributed by atoms with Crippen molar-refractivity contribution in [3.8, 4) is 11.5 Å². The summed E-state index contributed by atoms with van der Waals surface area (Å²) in [6.07, 6.45) is 2.21. The highest BCUT2D eigenvalue weighted by atomic mass is 79.9. The molecule has 0 saturated carbocycles. The number of rotatable bonds is 6. The van der Waals surface area contributed by atoms with Gasteiger partial charge in [0, 0.05) is 5.33 Å². The molecular formula is C12H17BrO2. The van der Waals surface area contributed by atoms with Gasteiger partial charge in [-0.2, -0.15) is 0 Å². The highest BCUT2D eigenvalue weighted by Crippen LogP contribution is 2.28. The lowest BCUT2D eigenvalue weighted by Gasteiger charge is -2.11. The van der Waals surface area contributed by atoms with E-state index >= 15 is 0 Å². The molecule has 0 fully saturated rings. The third-order valence-electron chi connectivity index (χ3n) is 2.14. The molecule has 0 bridgehead atoms. The van der Waals surface area contributed by atoms with E-state index in [4.69, 9.17) is 9.47 Å². The van der Waals surface area contributed by atoms with E-state index in [1.165, 1.54) is 5.56 Å². The van der Waals surface area contributed by atoms with E-state index < -0.39 is 0 Å². The van der Waals surface area contributed by atoms with Gasteiger partial charge in [0.05, 0.1) is 13.7 Å². The van der Waals surface area contributed by atoms with E-state index in [0.29, 0.717) is 0 Å². The van der Waals surface area contributed by atoms with Gasteiger partial charge in [-0.05, 0) is 24.1 Å². The maximum Gasteiger partial charge on any atom is 0.161 e. The maximum absolute atomic E-state index is 5.63. The predicted molar refractivity (Wildman–Crippen MR) is 66.0 cm³/mol. The molecule has 1 aromatic carbocycles. The van der Waals surface area contributed by atoms with Crippen LogP contribution in [0.15, 0.2) is 18.2 Å². The summed E-state index contributed by atoms with van der Waals surface area (Å²) in [5, 5.41) is 0.832. The predicted octanol–water partition coefficient (Wildman–Crippen LogP) is 3.77. The third-order valence-corrected chi connectivity index (χ3v) is 2.79. The van der Waals surface area contributed by atoms with Gasteiger partial charge in [0.25, 0.3) is 0 Å². The average molecular weight is 273 g/mol. The van der Waals surface area contributed by atoms with Crippen LogP contribution < -0.4 is 9.47 Å². The van der Waals surface area contributed by atoms with Gasteiger partial charge in [0.1, 0.15) is 0 Å². The molecule has 0 spiro atoms. The lowest BCUT2D eigenvalue weighted by atomic mass is 10.2. The second kappa shape index (κ2) is 6.72. The number of halogens is 1. The molecule has 0 aromatic heterocycles. The molecule has 0 saturated heterocycles. The molecule has 0 aliphatic rings. The number of unbranched alkanes of at least 4 members (excludes halogenated alkanes) is 1. The zero-order chi connectivity index (χ0) is 11.1. The number of methoxy groups -OCH3 is 1. The molecule has 0 radical (unpaired) electrons. The van der Waals surface area contributed by atoms with Crippen molar-refractivity contribution in [2.45, 2.75) is 25.1 Å². The summed E-state index contributed by atoms with van der Waals surface area (Å²) >= 11 is 3.41. The fourth-order valence-corrected chi connectivity index (χ4v) is 1.59. The summed E-state index contributed by atoms with van der Waals surface area (Å²) in [5.74, 6) is 1.64. The Morgan fingerprint density at radius 1 is 1.27 bits per heavy atom. The lowest BCUT2D eigenvalue weighted by Crippen LogP contribution is -1.99. The van der Waals surface area contributed by atoms with Crippen molar-refractivity contribution in [2.24, 2.45) is 0 Å². The van der Waals surface area contributed by atoms with Crippen LogP contribution in [0.4, 0.5) is 0 Å². The Labute approximate surface area is 99.7 Å². The van der Waals surface area contributed by atoms with Crippen LogP contribution in [0.1, 0.15) is 25.3 Å². The zero-order valence-corrected chi connectivity index (χ0v) is 10.8. The summed E-state index contributed by atoms with van der Waals surface area (Å²) in [6.45, 7) is 2.90. The van der Waals surface area contributed by atoms with Crippen molar-refractivity contribution in [2.75, 3.05) is 13.7 Å². The molecule has 0 aliphatic carbocycles. The Balaban J connectivity index is 2.69. The summed E-state index contributed by atoms with van der Waals surface area (Å²) in [5.41, 5.74) is 1.19. The molecule has 0 amide bonds. The molecule has 0 heterocycles. The van der Waals surface area contributed by atoms with Crippen LogP contribution in [-0.2, 0) is 5.33 Å². The van der Waals surface area contributed by atoms with E-state index in [1.54, 1.807) is 7.11 Å². The summed E-state index contributed by atoms with van der Waals surface area (Å²) in [6, 6.07) is 6.00. The molecule has 0 aliphatic heterocycles. The Kier molecular flexibility index (Phi) is 5.54. The SMILES string of the molecule is CCCCOc1ccc(CBr)cc1OC. The maximum atomic E-state index is 5.63. The summed E-state index contributed by atoms with van der Waals surface area (Å²) in [7, 11) is 1.67. The monoisotopic (exact) mass is 272 g/mol. The lowest BCUT2D eigenvalue weighted by molar-refractivity contribution is 0.288. The van der Waals surface area contributed by atoms with Gasteiger partial charge in [-0.1, -0.05) is 35.3 Å². The smallest absolute Gasteiger partial charge is 0.161 e. The van der Waals surface area contributed by atoms with Gasteiger partial charge >= 0.3 is 0 Å². The minimum absolute atomic E-state index is 0.751. The quantitative estimate of drug-likeness (QED) is 0.580. The van der Waals surface area contributed by atoms with Crippen molar-refractivity contribution in [1.82, 2.24) is 0 Å². The molecule has 84 valence electrons. The van der Waals surface area contributed by atoms with Crippen LogP contribution in [0, 0.1) is 0 Å². The molecule has 0 unspecified atom stereocenters. The number of benzene rings is 1. The van der Waals surface area contributed by atoms with Gasteiger partial charge in [0.15, 0.2) is 11.5 Å². The van der Waals surface area contributed by atoms with E-state index in [1.807, 2.05) is 18.2 Å². The van der Waals surface area contributed by atoms with E-state index in [9.17, 15) is 0 Å². The number of hydrogen-bond donors (Lipinski definition) is 0. The fraction of sp³-hybridized carbons (Fsp3) is 0.500. The highest BCUT2D eigenvalue weighted by molar-refractivity contribution is 9.08. The van der Waals surface area contributed by atoms with Crippen LogP contribution in [-0.4, -0.2) is 13.7 Å². The van der Waals surface area contributed by atoms with Crippen LogP contribution >= 0.6 is 15.9 Å². The topological polar surface area (TPSA) is 18.5 Å². The Morgan fingerprint density at radius 3 is 2.67 bits per heavy atom. The summed E-state index contributed by atoms with van der Waals surface area (Å²) < 4.78 is 10.9. The van der Waals surface area contributed by atoms with Gasteiger partial charge in [-0.25, -0.2) is 0 Å². The van der Waals surface area contributed by atoms with Crippen molar-refractivity contribution >= 4 is 15.9 Å². The van der Waals surface area contributed by atoms with Gasteiger partial charge in [-0.3, -0.25) is 0 Å². The Bertz CT molecular complexity index is 300. The van der Waals surface area contributed by atoms with Gasteiger partial charge in [0.2, 0.25) is 0 Å². The minimum atomic E-state index is 0.751. The fourth-order valence-electron chi connectivity index (χ4n) is 1.24. The minimum Gasteiger partial charge on any atom is -0.493 e. The first-order chi connectivity index (χ1) is 7.31. The molecule has 2 nitrogen and oxygen atoms in total. The number of alkyl halides is 1. The molecule has 0 atom stereocenters. The second-order valence-corrected chi connectivity index (χ2v) is 3.88. The zero-order valence-electron chi connectivity index (χ0n) is 9.25. The van der Waals surface area contributed by atoms with Crippen LogP contribution in [0.5, 0.6) is 11.5 Å². The van der Waals surface area contributed by atoms with Gasteiger partial charge < -0.3 is 9.47 Å². The van der Waals surface area contributed by atoms with Crippen molar-refractivity contribution in [1.29, 1.82) is 0 Å². The number of ether oxygens (including phenoxy) is 2. The average Bonchev–Trinajstić information content (AvgIpc) is 2.29. The van der Waals surface area contributed by atoms with E-state index in [0.717, 1.165) is 36.3 Å². The third kappa shape index (κ3) is 3.74. The van der Waals surface area contributed by atoms with Crippen LogP contribution in [0.2, 0.25) is 0 Å². The van der Waals surface area contributed by atoms with E-state index in [2.05, 4.69) is 22.9 Å². The van der Waals surface area contributed by atoms with Gasteiger partial charge in [-0.15, -0.1) is 0 Å². The molecule has 15 heavy (non-hydrogen) atoms. The molecule has 1 aromatic rings. The summed E-state index contributed by atoms with van der Waals surface area (Å²) in [4.78, 5) is 0. The first-order valence-corrected chi connectivity index (χ1v) is 6.29.